The summed E-state index contributed by atoms with van der Waals surface area (Å²) in [5.74, 6) is -1.27. The van der Waals surface area contributed by atoms with Crippen LogP contribution in [0.15, 0.2) is 35.5 Å². The molecule has 0 aromatic carbocycles. The van der Waals surface area contributed by atoms with Crippen LogP contribution in [0.3, 0.4) is 0 Å². The monoisotopic (exact) mass is 384 g/mol. The lowest BCUT2D eigenvalue weighted by atomic mass is 10.0. The summed E-state index contributed by atoms with van der Waals surface area (Å²) in [6, 6.07) is 3.23. The van der Waals surface area contributed by atoms with Crippen molar-refractivity contribution in [1.29, 1.82) is 0 Å². The van der Waals surface area contributed by atoms with Crippen LogP contribution in [0.25, 0.3) is 22.0 Å². The highest BCUT2D eigenvalue weighted by Gasteiger charge is 2.43. The fraction of sp³-hybridized carbons (Fsp3) is 0.300. The van der Waals surface area contributed by atoms with Crippen molar-refractivity contribution < 1.29 is 13.6 Å². The molecule has 1 saturated carbocycles. The lowest BCUT2D eigenvalue weighted by Gasteiger charge is -2.13. The second-order valence-corrected chi connectivity index (χ2v) is 6.88. The Balaban J connectivity index is 1.82. The number of hydrogen-bond acceptors (Lipinski definition) is 4. The Morgan fingerprint density at radius 2 is 2.04 bits per heavy atom. The summed E-state index contributed by atoms with van der Waals surface area (Å²) in [6.07, 6.45) is 3.23. The number of amides is 1. The molecule has 0 radical (unpaired) electrons. The van der Waals surface area contributed by atoms with Gasteiger partial charge in [-0.25, -0.2) is 13.8 Å². The molecule has 3 aromatic heterocycles. The first-order valence-electron chi connectivity index (χ1n) is 8.99. The van der Waals surface area contributed by atoms with Crippen molar-refractivity contribution in [2.24, 2.45) is 5.92 Å². The summed E-state index contributed by atoms with van der Waals surface area (Å²) in [5, 5.41) is 3.26. The van der Waals surface area contributed by atoms with Gasteiger partial charge < -0.3 is 9.88 Å². The molecule has 1 N–H and O–H groups in total. The minimum Gasteiger partial charge on any atom is -0.310 e. The maximum atomic E-state index is 13.9. The Hall–Kier alpha value is -3.16. The number of alkyl halides is 1. The van der Waals surface area contributed by atoms with Crippen molar-refractivity contribution in [3.63, 3.8) is 0 Å². The van der Waals surface area contributed by atoms with E-state index in [2.05, 4.69) is 15.3 Å². The molecule has 3 aromatic rings. The van der Waals surface area contributed by atoms with E-state index in [-0.39, 0.29) is 17.8 Å². The summed E-state index contributed by atoms with van der Waals surface area (Å²) < 4.78 is 28.5. The number of rotatable bonds is 4. The van der Waals surface area contributed by atoms with E-state index in [1.165, 1.54) is 17.0 Å². The number of nitrogens with zero attached hydrogens (tertiary/aromatic N) is 3. The molecule has 1 fully saturated rings. The molecule has 4 rings (SSSR count). The Morgan fingerprint density at radius 3 is 2.71 bits per heavy atom. The van der Waals surface area contributed by atoms with Gasteiger partial charge in [-0.15, -0.1) is 0 Å². The normalized spacial score (nSPS) is 18.3. The van der Waals surface area contributed by atoms with Crippen molar-refractivity contribution in [3.8, 4) is 11.1 Å². The molecule has 0 spiro atoms. The van der Waals surface area contributed by atoms with Gasteiger partial charge in [0.05, 0.1) is 17.6 Å². The molecule has 1 aliphatic rings. The fourth-order valence-electron chi connectivity index (χ4n) is 3.27. The zero-order valence-electron chi connectivity index (χ0n) is 15.4. The summed E-state index contributed by atoms with van der Waals surface area (Å²) >= 11 is 0. The van der Waals surface area contributed by atoms with E-state index >= 15 is 0 Å². The van der Waals surface area contributed by atoms with Gasteiger partial charge in [-0.3, -0.25) is 14.6 Å². The molecule has 3 heterocycles. The predicted molar refractivity (Wildman–Crippen MR) is 101 cm³/mol. The summed E-state index contributed by atoms with van der Waals surface area (Å²) in [5.41, 5.74) is 1.39. The van der Waals surface area contributed by atoms with E-state index in [9.17, 15) is 18.4 Å². The third-order valence-electron chi connectivity index (χ3n) is 5.04. The van der Waals surface area contributed by atoms with Gasteiger partial charge in [-0.1, -0.05) is 0 Å². The van der Waals surface area contributed by atoms with Crippen LogP contribution in [-0.2, 0) is 11.3 Å². The summed E-state index contributed by atoms with van der Waals surface area (Å²) in [4.78, 5) is 33.0. The summed E-state index contributed by atoms with van der Waals surface area (Å²) in [7, 11) is 0. The average molecular weight is 384 g/mol. The number of anilines is 1. The quantitative estimate of drug-likeness (QED) is 0.749. The standard InChI is InChI=1S/C20H18F2N4O2/c1-3-26-17-6-18(25-19(27)13-5-15(13)21)24-7-11(17)4-12(20(26)28)14-8-23-9-16(22)10(14)2/h4,6-9,13,15H,3,5H2,1-2H3,(H,24,25,27). The molecule has 1 aliphatic carbocycles. The number of nitrogens with one attached hydrogen (secondary N) is 1. The van der Waals surface area contributed by atoms with Crippen LogP contribution in [0.2, 0.25) is 0 Å². The Kier molecular flexibility index (Phi) is 4.41. The van der Waals surface area contributed by atoms with Gasteiger partial charge in [-0.2, -0.15) is 0 Å². The van der Waals surface area contributed by atoms with E-state index in [1.54, 1.807) is 19.1 Å². The van der Waals surface area contributed by atoms with E-state index in [0.717, 1.165) is 6.20 Å². The van der Waals surface area contributed by atoms with Gasteiger partial charge in [0.15, 0.2) is 0 Å². The molecule has 144 valence electrons. The van der Waals surface area contributed by atoms with E-state index in [4.69, 9.17) is 0 Å². The van der Waals surface area contributed by atoms with E-state index in [0.29, 0.717) is 34.1 Å². The summed E-state index contributed by atoms with van der Waals surface area (Å²) in [6.45, 7) is 3.79. The van der Waals surface area contributed by atoms with Gasteiger partial charge in [0.25, 0.3) is 5.56 Å². The number of fused-ring (bicyclic) bond motifs is 1. The fourth-order valence-corrected chi connectivity index (χ4v) is 3.27. The number of hydrogen-bond donors (Lipinski definition) is 1. The van der Waals surface area contributed by atoms with Crippen LogP contribution in [-0.4, -0.2) is 26.6 Å². The zero-order valence-corrected chi connectivity index (χ0v) is 15.4. The molecule has 2 unspecified atom stereocenters. The third kappa shape index (κ3) is 3.04. The number of pyridine rings is 3. The number of carbonyl (C=O) groups excluding carboxylic acids is 1. The highest BCUT2D eigenvalue weighted by atomic mass is 19.1. The molecule has 6 nitrogen and oxygen atoms in total. The lowest BCUT2D eigenvalue weighted by Crippen LogP contribution is -2.22. The average Bonchev–Trinajstić information content (AvgIpc) is 3.41. The minimum atomic E-state index is -1.10. The minimum absolute atomic E-state index is 0.226. The van der Waals surface area contributed by atoms with Crippen molar-refractivity contribution in [2.45, 2.75) is 33.0 Å². The molecular weight excluding hydrogens is 366 g/mol. The topological polar surface area (TPSA) is 76.9 Å². The second kappa shape index (κ2) is 6.78. The van der Waals surface area contributed by atoms with Crippen LogP contribution < -0.4 is 10.9 Å². The molecule has 28 heavy (non-hydrogen) atoms. The van der Waals surface area contributed by atoms with Gasteiger partial charge in [0.1, 0.15) is 17.8 Å². The van der Waals surface area contributed by atoms with Gasteiger partial charge >= 0.3 is 0 Å². The maximum Gasteiger partial charge on any atom is 0.258 e. The first-order chi connectivity index (χ1) is 13.4. The smallest absolute Gasteiger partial charge is 0.258 e. The molecular formula is C20H18F2N4O2. The van der Waals surface area contributed by atoms with E-state index < -0.39 is 23.8 Å². The van der Waals surface area contributed by atoms with Crippen molar-refractivity contribution >= 4 is 22.6 Å². The Bertz CT molecular complexity index is 1160. The van der Waals surface area contributed by atoms with Crippen molar-refractivity contribution in [3.05, 3.63) is 52.5 Å². The highest BCUT2D eigenvalue weighted by molar-refractivity contribution is 5.95. The van der Waals surface area contributed by atoms with Crippen LogP contribution >= 0.6 is 0 Å². The van der Waals surface area contributed by atoms with Crippen LogP contribution in [0.5, 0.6) is 0 Å². The molecule has 0 saturated heterocycles. The first-order valence-corrected chi connectivity index (χ1v) is 8.99. The van der Waals surface area contributed by atoms with Crippen LogP contribution in [0, 0.1) is 18.7 Å². The third-order valence-corrected chi connectivity index (χ3v) is 5.04. The molecule has 0 bridgehead atoms. The highest BCUT2D eigenvalue weighted by Crippen LogP contribution is 2.34. The number of aromatic nitrogens is 3. The molecule has 8 heteroatoms. The maximum absolute atomic E-state index is 13.9. The molecule has 2 atom stereocenters. The number of halogens is 2. The predicted octanol–water partition coefficient (Wildman–Crippen LogP) is 3.22. The lowest BCUT2D eigenvalue weighted by molar-refractivity contribution is -0.117. The largest absolute Gasteiger partial charge is 0.310 e. The molecule has 0 aliphatic heterocycles. The SMILES string of the molecule is CCn1c(=O)c(-c2cncc(F)c2C)cc2cnc(NC(=O)C3CC3F)cc21. The zero-order chi connectivity index (χ0) is 20.0. The molecule has 1 amide bonds. The second-order valence-electron chi connectivity index (χ2n) is 6.88. The van der Waals surface area contributed by atoms with Crippen LogP contribution in [0.4, 0.5) is 14.6 Å². The number of carbonyl (C=O) groups is 1. The Morgan fingerprint density at radius 1 is 1.29 bits per heavy atom. The van der Waals surface area contributed by atoms with Gasteiger partial charge in [-0.05, 0) is 31.9 Å². The first kappa shape index (κ1) is 18.2. The van der Waals surface area contributed by atoms with Crippen LogP contribution in [0.1, 0.15) is 18.9 Å². The van der Waals surface area contributed by atoms with E-state index in [1.807, 2.05) is 6.92 Å². The van der Waals surface area contributed by atoms with Crippen molar-refractivity contribution in [1.82, 2.24) is 14.5 Å². The number of aryl methyl sites for hydroxylation is 1. The van der Waals surface area contributed by atoms with Gasteiger partial charge in [0.2, 0.25) is 5.91 Å². The Labute approximate surface area is 159 Å². The van der Waals surface area contributed by atoms with Crippen molar-refractivity contribution in [2.75, 3.05) is 5.32 Å². The van der Waals surface area contributed by atoms with Gasteiger partial charge in [0, 0.05) is 41.5 Å².